The standard InChI is InChI=1S/C15H19NO/c1-15(8-7-12(10-15)16-2)14-9-11-5-3-4-6-13(11)17-14/h3-6,9,12,16H,7-8,10H2,1-2H3. The second kappa shape index (κ2) is 3.88. The van der Waals surface area contributed by atoms with Crippen LogP contribution in [-0.2, 0) is 5.41 Å². The number of hydrogen-bond donors (Lipinski definition) is 1. The first-order chi connectivity index (χ1) is 8.21. The number of para-hydroxylation sites is 1. The molecule has 1 aromatic heterocycles. The fraction of sp³-hybridized carbons (Fsp3) is 0.467. The van der Waals surface area contributed by atoms with Crippen molar-refractivity contribution in [3.8, 4) is 0 Å². The largest absolute Gasteiger partial charge is 0.460 e. The van der Waals surface area contributed by atoms with Gasteiger partial charge in [0, 0.05) is 16.8 Å². The molecule has 0 saturated heterocycles. The Hall–Kier alpha value is -1.28. The van der Waals surface area contributed by atoms with Gasteiger partial charge in [0.15, 0.2) is 0 Å². The first kappa shape index (κ1) is 10.8. The molecule has 0 spiro atoms. The van der Waals surface area contributed by atoms with Gasteiger partial charge in [0.25, 0.3) is 0 Å². The molecule has 3 rings (SSSR count). The molecule has 2 heteroatoms. The summed E-state index contributed by atoms with van der Waals surface area (Å²) in [6.45, 7) is 2.32. The van der Waals surface area contributed by atoms with E-state index in [0.29, 0.717) is 6.04 Å². The summed E-state index contributed by atoms with van der Waals surface area (Å²) in [4.78, 5) is 0. The second-order valence-corrected chi connectivity index (χ2v) is 5.44. The summed E-state index contributed by atoms with van der Waals surface area (Å²) in [5, 5.41) is 4.60. The van der Waals surface area contributed by atoms with E-state index in [-0.39, 0.29) is 5.41 Å². The summed E-state index contributed by atoms with van der Waals surface area (Å²) in [5.41, 5.74) is 1.21. The number of fused-ring (bicyclic) bond motifs is 1. The predicted molar refractivity (Wildman–Crippen MR) is 70.3 cm³/mol. The molecule has 1 aromatic carbocycles. The molecule has 1 heterocycles. The van der Waals surface area contributed by atoms with Crippen molar-refractivity contribution in [1.82, 2.24) is 5.32 Å². The van der Waals surface area contributed by atoms with Crippen molar-refractivity contribution in [1.29, 1.82) is 0 Å². The van der Waals surface area contributed by atoms with Crippen LogP contribution in [0.2, 0.25) is 0 Å². The molecule has 1 saturated carbocycles. The lowest BCUT2D eigenvalue weighted by atomic mass is 9.85. The van der Waals surface area contributed by atoms with E-state index in [0.717, 1.165) is 11.3 Å². The van der Waals surface area contributed by atoms with Gasteiger partial charge in [-0.1, -0.05) is 25.1 Å². The van der Waals surface area contributed by atoms with Crippen LogP contribution in [0.5, 0.6) is 0 Å². The minimum atomic E-state index is 0.201. The predicted octanol–water partition coefficient (Wildman–Crippen LogP) is 3.46. The molecular weight excluding hydrogens is 210 g/mol. The average molecular weight is 229 g/mol. The molecular formula is C15H19NO. The summed E-state index contributed by atoms with van der Waals surface area (Å²) in [6.07, 6.45) is 3.62. The van der Waals surface area contributed by atoms with Gasteiger partial charge in [0.05, 0.1) is 0 Å². The molecule has 17 heavy (non-hydrogen) atoms. The van der Waals surface area contributed by atoms with E-state index in [1.165, 1.54) is 24.6 Å². The third-order valence-corrected chi connectivity index (χ3v) is 4.17. The maximum Gasteiger partial charge on any atom is 0.134 e. The Morgan fingerprint density at radius 3 is 2.88 bits per heavy atom. The molecule has 1 N–H and O–H groups in total. The number of nitrogens with one attached hydrogen (secondary N) is 1. The molecule has 90 valence electrons. The molecule has 2 nitrogen and oxygen atoms in total. The van der Waals surface area contributed by atoms with Crippen LogP contribution in [0.4, 0.5) is 0 Å². The highest BCUT2D eigenvalue weighted by atomic mass is 16.3. The smallest absolute Gasteiger partial charge is 0.134 e. The van der Waals surface area contributed by atoms with E-state index >= 15 is 0 Å². The first-order valence-corrected chi connectivity index (χ1v) is 6.38. The third kappa shape index (κ3) is 1.77. The lowest BCUT2D eigenvalue weighted by Gasteiger charge is -2.21. The van der Waals surface area contributed by atoms with E-state index in [4.69, 9.17) is 4.42 Å². The van der Waals surface area contributed by atoms with Crippen molar-refractivity contribution in [2.75, 3.05) is 7.05 Å². The maximum absolute atomic E-state index is 6.02. The number of hydrogen-bond acceptors (Lipinski definition) is 2. The van der Waals surface area contributed by atoms with Crippen LogP contribution < -0.4 is 5.32 Å². The highest BCUT2D eigenvalue weighted by Crippen LogP contribution is 2.42. The van der Waals surface area contributed by atoms with Crippen molar-refractivity contribution < 1.29 is 4.42 Å². The second-order valence-electron chi connectivity index (χ2n) is 5.44. The number of benzene rings is 1. The van der Waals surface area contributed by atoms with Crippen LogP contribution in [0.1, 0.15) is 31.9 Å². The van der Waals surface area contributed by atoms with E-state index in [1.54, 1.807) is 0 Å². The monoisotopic (exact) mass is 229 g/mol. The van der Waals surface area contributed by atoms with Crippen molar-refractivity contribution in [2.45, 2.75) is 37.6 Å². The summed E-state index contributed by atoms with van der Waals surface area (Å²) in [5.74, 6) is 1.15. The average Bonchev–Trinajstić information content (AvgIpc) is 2.93. The number of furan rings is 1. The van der Waals surface area contributed by atoms with Gasteiger partial charge in [-0.25, -0.2) is 0 Å². The van der Waals surface area contributed by atoms with Crippen molar-refractivity contribution in [3.63, 3.8) is 0 Å². The van der Waals surface area contributed by atoms with Crippen LogP contribution >= 0.6 is 0 Å². The van der Waals surface area contributed by atoms with Gasteiger partial charge in [-0.05, 0) is 38.4 Å². The van der Waals surface area contributed by atoms with Crippen molar-refractivity contribution in [2.24, 2.45) is 0 Å². The minimum Gasteiger partial charge on any atom is -0.460 e. The Kier molecular flexibility index (Phi) is 2.48. The Morgan fingerprint density at radius 1 is 1.35 bits per heavy atom. The Labute approximate surface area is 102 Å². The molecule has 1 fully saturated rings. The maximum atomic E-state index is 6.02. The van der Waals surface area contributed by atoms with Crippen molar-refractivity contribution >= 4 is 11.0 Å². The fourth-order valence-electron chi connectivity index (χ4n) is 2.99. The molecule has 1 aliphatic carbocycles. The van der Waals surface area contributed by atoms with Crippen LogP contribution in [0.25, 0.3) is 11.0 Å². The van der Waals surface area contributed by atoms with Gasteiger partial charge in [0.2, 0.25) is 0 Å². The molecule has 0 amide bonds. The topological polar surface area (TPSA) is 25.2 Å². The highest BCUT2D eigenvalue weighted by Gasteiger charge is 2.38. The van der Waals surface area contributed by atoms with Crippen LogP contribution in [0.3, 0.4) is 0 Å². The minimum absolute atomic E-state index is 0.201. The summed E-state index contributed by atoms with van der Waals surface area (Å²) >= 11 is 0. The van der Waals surface area contributed by atoms with Crippen LogP contribution in [0.15, 0.2) is 34.7 Å². The van der Waals surface area contributed by atoms with E-state index in [1.807, 2.05) is 12.1 Å². The first-order valence-electron chi connectivity index (χ1n) is 6.38. The van der Waals surface area contributed by atoms with Crippen molar-refractivity contribution in [3.05, 3.63) is 36.1 Å². The van der Waals surface area contributed by atoms with Gasteiger partial charge in [0.1, 0.15) is 11.3 Å². The molecule has 2 atom stereocenters. The highest BCUT2D eigenvalue weighted by molar-refractivity contribution is 5.78. The van der Waals surface area contributed by atoms with E-state index in [2.05, 4.69) is 37.5 Å². The summed E-state index contributed by atoms with van der Waals surface area (Å²) in [6, 6.07) is 11.1. The fourth-order valence-corrected chi connectivity index (χ4v) is 2.99. The zero-order chi connectivity index (χ0) is 11.9. The van der Waals surface area contributed by atoms with E-state index < -0.39 is 0 Å². The van der Waals surface area contributed by atoms with Gasteiger partial charge in [-0.3, -0.25) is 0 Å². The lowest BCUT2D eigenvalue weighted by molar-refractivity contribution is 0.372. The zero-order valence-corrected chi connectivity index (χ0v) is 10.5. The van der Waals surface area contributed by atoms with Gasteiger partial charge >= 0.3 is 0 Å². The SMILES string of the molecule is CNC1CCC(C)(c2cc3ccccc3o2)C1. The third-order valence-electron chi connectivity index (χ3n) is 4.17. The molecule has 2 aromatic rings. The quantitative estimate of drug-likeness (QED) is 0.853. The molecule has 1 aliphatic rings. The van der Waals surface area contributed by atoms with E-state index in [9.17, 15) is 0 Å². The number of rotatable bonds is 2. The Balaban J connectivity index is 1.98. The van der Waals surface area contributed by atoms with Crippen LogP contribution in [0, 0.1) is 0 Å². The molecule has 0 radical (unpaired) electrons. The normalized spacial score (nSPS) is 28.9. The lowest BCUT2D eigenvalue weighted by Crippen LogP contribution is -2.25. The van der Waals surface area contributed by atoms with Crippen LogP contribution in [-0.4, -0.2) is 13.1 Å². The zero-order valence-electron chi connectivity index (χ0n) is 10.5. The van der Waals surface area contributed by atoms with Gasteiger partial charge in [-0.15, -0.1) is 0 Å². The molecule has 2 unspecified atom stereocenters. The summed E-state index contributed by atoms with van der Waals surface area (Å²) < 4.78 is 6.02. The molecule has 0 aliphatic heterocycles. The van der Waals surface area contributed by atoms with Gasteiger partial charge < -0.3 is 9.73 Å². The Morgan fingerprint density at radius 2 is 2.18 bits per heavy atom. The molecule has 0 bridgehead atoms. The van der Waals surface area contributed by atoms with Gasteiger partial charge in [-0.2, -0.15) is 0 Å². The summed E-state index contributed by atoms with van der Waals surface area (Å²) in [7, 11) is 2.05. The Bertz CT molecular complexity index is 497.